The minimum atomic E-state index is 0.0651. The van der Waals surface area contributed by atoms with Crippen LogP contribution in [0.15, 0.2) is 16.8 Å². The molecule has 0 aliphatic carbocycles. The highest BCUT2D eigenvalue weighted by Crippen LogP contribution is 2.12. The Balaban J connectivity index is 1.82. The Morgan fingerprint density at radius 1 is 1.21 bits per heavy atom. The molecular formula is C13H19N3O2S. The minimum absolute atomic E-state index is 0.0651. The van der Waals surface area contributed by atoms with Gasteiger partial charge in [-0.3, -0.25) is 9.59 Å². The summed E-state index contributed by atoms with van der Waals surface area (Å²) in [6.45, 7) is 3.02. The van der Waals surface area contributed by atoms with E-state index in [9.17, 15) is 9.59 Å². The fourth-order valence-electron chi connectivity index (χ4n) is 2.14. The normalized spacial score (nSPS) is 15.6. The lowest BCUT2D eigenvalue weighted by molar-refractivity contribution is -0.132. The summed E-state index contributed by atoms with van der Waals surface area (Å²) < 4.78 is 0. The van der Waals surface area contributed by atoms with Crippen LogP contribution in [0.4, 0.5) is 0 Å². The number of amides is 2. The zero-order valence-corrected chi connectivity index (χ0v) is 11.7. The smallest absolute Gasteiger partial charge is 0.254 e. The van der Waals surface area contributed by atoms with Crippen molar-refractivity contribution in [3.63, 3.8) is 0 Å². The first-order valence-electron chi connectivity index (χ1n) is 6.51. The van der Waals surface area contributed by atoms with E-state index in [-0.39, 0.29) is 11.8 Å². The van der Waals surface area contributed by atoms with Crippen molar-refractivity contribution in [2.24, 2.45) is 5.73 Å². The van der Waals surface area contributed by atoms with Gasteiger partial charge in [0, 0.05) is 38.0 Å². The van der Waals surface area contributed by atoms with Crippen molar-refractivity contribution >= 4 is 23.2 Å². The molecule has 2 heterocycles. The van der Waals surface area contributed by atoms with Gasteiger partial charge in [0.15, 0.2) is 0 Å². The zero-order chi connectivity index (χ0) is 13.7. The molecule has 19 heavy (non-hydrogen) atoms. The van der Waals surface area contributed by atoms with Gasteiger partial charge < -0.3 is 15.5 Å². The lowest BCUT2D eigenvalue weighted by atomic mass is 10.2. The van der Waals surface area contributed by atoms with E-state index in [1.807, 2.05) is 26.6 Å². The maximum atomic E-state index is 12.1. The van der Waals surface area contributed by atoms with Crippen molar-refractivity contribution in [1.82, 2.24) is 9.80 Å². The number of thiophene rings is 1. The molecule has 6 heteroatoms. The fraction of sp³-hybridized carbons (Fsp3) is 0.538. The predicted octanol–water partition coefficient (Wildman–Crippen LogP) is 0.771. The highest BCUT2D eigenvalue weighted by Gasteiger charge is 2.24. The standard InChI is InChI=1S/C13H19N3O2S/c14-4-1-2-12(17)15-5-7-16(8-6-15)13(18)11-3-9-19-10-11/h3,9-10H,1-2,4-8,14H2. The number of nitrogens with two attached hydrogens (primary N) is 1. The molecule has 1 fully saturated rings. The van der Waals surface area contributed by atoms with E-state index in [0.29, 0.717) is 39.1 Å². The Labute approximate surface area is 117 Å². The van der Waals surface area contributed by atoms with Gasteiger partial charge in [0.2, 0.25) is 5.91 Å². The van der Waals surface area contributed by atoms with E-state index in [2.05, 4.69) is 0 Å². The maximum absolute atomic E-state index is 12.1. The second-order valence-electron chi connectivity index (χ2n) is 4.58. The number of hydrogen-bond donors (Lipinski definition) is 1. The van der Waals surface area contributed by atoms with Gasteiger partial charge >= 0.3 is 0 Å². The molecule has 1 aromatic rings. The van der Waals surface area contributed by atoms with Crippen molar-refractivity contribution in [1.29, 1.82) is 0 Å². The van der Waals surface area contributed by atoms with Crippen LogP contribution in [-0.4, -0.2) is 54.3 Å². The first kappa shape index (κ1) is 14.0. The summed E-state index contributed by atoms with van der Waals surface area (Å²) in [7, 11) is 0. The highest BCUT2D eigenvalue weighted by atomic mass is 32.1. The average Bonchev–Trinajstić information content (AvgIpc) is 2.98. The summed E-state index contributed by atoms with van der Waals surface area (Å²) in [5.41, 5.74) is 6.14. The third-order valence-corrected chi connectivity index (χ3v) is 3.97. The van der Waals surface area contributed by atoms with Crippen molar-refractivity contribution in [2.75, 3.05) is 32.7 Å². The molecule has 0 bridgehead atoms. The van der Waals surface area contributed by atoms with Gasteiger partial charge in [-0.25, -0.2) is 0 Å². The number of hydrogen-bond acceptors (Lipinski definition) is 4. The molecular weight excluding hydrogens is 262 g/mol. The van der Waals surface area contributed by atoms with Crippen molar-refractivity contribution in [3.05, 3.63) is 22.4 Å². The molecule has 1 aliphatic heterocycles. The van der Waals surface area contributed by atoms with Gasteiger partial charge in [-0.05, 0) is 24.4 Å². The van der Waals surface area contributed by atoms with Crippen molar-refractivity contribution in [3.8, 4) is 0 Å². The highest BCUT2D eigenvalue weighted by molar-refractivity contribution is 7.08. The molecule has 0 saturated carbocycles. The van der Waals surface area contributed by atoms with Crippen LogP contribution in [0, 0.1) is 0 Å². The second-order valence-corrected chi connectivity index (χ2v) is 5.36. The van der Waals surface area contributed by atoms with E-state index in [1.165, 1.54) is 11.3 Å². The Bertz CT molecular complexity index is 425. The van der Waals surface area contributed by atoms with Gasteiger partial charge in [-0.1, -0.05) is 0 Å². The van der Waals surface area contributed by atoms with Crippen LogP contribution < -0.4 is 5.73 Å². The third-order valence-electron chi connectivity index (χ3n) is 3.28. The zero-order valence-electron chi connectivity index (χ0n) is 10.9. The first-order chi connectivity index (χ1) is 9.22. The molecule has 0 radical (unpaired) electrons. The quantitative estimate of drug-likeness (QED) is 0.886. The fourth-order valence-corrected chi connectivity index (χ4v) is 2.77. The van der Waals surface area contributed by atoms with Crippen molar-refractivity contribution in [2.45, 2.75) is 12.8 Å². The lowest BCUT2D eigenvalue weighted by Gasteiger charge is -2.34. The summed E-state index contributed by atoms with van der Waals surface area (Å²) in [5, 5.41) is 3.76. The number of rotatable bonds is 4. The van der Waals surface area contributed by atoms with Crippen LogP contribution in [0.1, 0.15) is 23.2 Å². The van der Waals surface area contributed by atoms with E-state index in [0.717, 1.165) is 12.0 Å². The van der Waals surface area contributed by atoms with Crippen molar-refractivity contribution < 1.29 is 9.59 Å². The van der Waals surface area contributed by atoms with Gasteiger partial charge in [-0.15, -0.1) is 0 Å². The molecule has 0 spiro atoms. The molecule has 104 valence electrons. The van der Waals surface area contributed by atoms with Gasteiger partial charge in [0.1, 0.15) is 0 Å². The molecule has 1 saturated heterocycles. The van der Waals surface area contributed by atoms with Crippen LogP contribution in [-0.2, 0) is 4.79 Å². The predicted molar refractivity (Wildman–Crippen MR) is 75.1 cm³/mol. The molecule has 2 N–H and O–H groups in total. The topological polar surface area (TPSA) is 66.6 Å². The number of piperazine rings is 1. The monoisotopic (exact) mass is 281 g/mol. The molecule has 5 nitrogen and oxygen atoms in total. The maximum Gasteiger partial charge on any atom is 0.254 e. The van der Waals surface area contributed by atoms with E-state index < -0.39 is 0 Å². The van der Waals surface area contributed by atoms with Crippen LogP contribution in [0.2, 0.25) is 0 Å². The Hall–Kier alpha value is -1.40. The SMILES string of the molecule is NCCCC(=O)N1CCN(C(=O)c2ccsc2)CC1. The van der Waals surface area contributed by atoms with E-state index in [4.69, 9.17) is 5.73 Å². The number of carbonyl (C=O) groups is 2. The van der Waals surface area contributed by atoms with E-state index >= 15 is 0 Å². The summed E-state index contributed by atoms with van der Waals surface area (Å²) in [4.78, 5) is 27.6. The largest absolute Gasteiger partial charge is 0.339 e. The van der Waals surface area contributed by atoms with Gasteiger partial charge in [-0.2, -0.15) is 11.3 Å². The number of nitrogens with zero attached hydrogens (tertiary/aromatic N) is 2. The molecule has 0 atom stereocenters. The van der Waals surface area contributed by atoms with Crippen LogP contribution in [0.3, 0.4) is 0 Å². The van der Waals surface area contributed by atoms with Gasteiger partial charge in [0.25, 0.3) is 5.91 Å². The Morgan fingerprint density at radius 2 is 1.89 bits per heavy atom. The van der Waals surface area contributed by atoms with Crippen LogP contribution in [0.5, 0.6) is 0 Å². The average molecular weight is 281 g/mol. The lowest BCUT2D eigenvalue weighted by Crippen LogP contribution is -2.50. The third kappa shape index (κ3) is 3.54. The molecule has 2 amide bonds. The second kappa shape index (κ2) is 6.68. The summed E-state index contributed by atoms with van der Waals surface area (Å²) in [6.07, 6.45) is 1.24. The summed E-state index contributed by atoms with van der Waals surface area (Å²) in [6, 6.07) is 1.84. The minimum Gasteiger partial charge on any atom is -0.339 e. The van der Waals surface area contributed by atoms with Gasteiger partial charge in [0.05, 0.1) is 5.56 Å². The summed E-state index contributed by atoms with van der Waals surface area (Å²) in [5.74, 6) is 0.211. The molecule has 1 aliphatic rings. The molecule has 0 aromatic carbocycles. The molecule has 0 unspecified atom stereocenters. The first-order valence-corrected chi connectivity index (χ1v) is 7.46. The summed E-state index contributed by atoms with van der Waals surface area (Å²) >= 11 is 1.52. The van der Waals surface area contributed by atoms with Crippen LogP contribution in [0.25, 0.3) is 0 Å². The Morgan fingerprint density at radius 3 is 2.47 bits per heavy atom. The molecule has 1 aromatic heterocycles. The Kier molecular flexibility index (Phi) is 4.93. The number of carbonyl (C=O) groups excluding carboxylic acids is 2. The molecule has 2 rings (SSSR count). The van der Waals surface area contributed by atoms with E-state index in [1.54, 1.807) is 0 Å². The van der Waals surface area contributed by atoms with Crippen LogP contribution >= 0.6 is 11.3 Å².